The van der Waals surface area contributed by atoms with Gasteiger partial charge in [0.15, 0.2) is 5.76 Å². The predicted octanol–water partition coefficient (Wildman–Crippen LogP) is 2.82. The second-order valence-electron chi connectivity index (χ2n) is 8.33. The third kappa shape index (κ3) is 3.94. The first-order chi connectivity index (χ1) is 16.6. The van der Waals surface area contributed by atoms with Crippen LogP contribution in [0.1, 0.15) is 0 Å². The maximum Gasteiger partial charge on any atom is 0.241 e. The molecule has 2 aromatic heterocycles. The van der Waals surface area contributed by atoms with Gasteiger partial charge in [0.25, 0.3) is 0 Å². The highest BCUT2D eigenvalue weighted by atomic mass is 32.2. The van der Waals surface area contributed by atoms with Gasteiger partial charge >= 0.3 is 0 Å². The predicted molar refractivity (Wildman–Crippen MR) is 125 cm³/mol. The Hall–Kier alpha value is -3.31. The van der Waals surface area contributed by atoms with Crippen LogP contribution in [0.4, 0.5) is 5.95 Å². The molecule has 34 heavy (non-hydrogen) atoms. The van der Waals surface area contributed by atoms with E-state index in [0.29, 0.717) is 24.0 Å². The summed E-state index contributed by atoms with van der Waals surface area (Å²) in [5.41, 5.74) is 0.659. The van der Waals surface area contributed by atoms with Gasteiger partial charge in [-0.3, -0.25) is 0 Å². The molecule has 0 radical (unpaired) electrons. The van der Waals surface area contributed by atoms with Crippen molar-refractivity contribution in [2.45, 2.75) is 29.2 Å². The fraction of sp³-hybridized carbons (Fsp3) is 0.250. The number of fused-ring (bicyclic) bond motifs is 2. The lowest BCUT2D eigenvalue weighted by Gasteiger charge is -2.18. The van der Waals surface area contributed by atoms with Crippen LogP contribution in [-0.2, 0) is 19.5 Å². The van der Waals surface area contributed by atoms with Gasteiger partial charge in [-0.1, -0.05) is 30.3 Å². The molecular formula is C24H22N4O5S. The minimum absolute atomic E-state index is 0.213. The van der Waals surface area contributed by atoms with E-state index in [9.17, 15) is 8.42 Å². The number of nitrogens with zero attached hydrogens (tertiary/aromatic N) is 2. The highest BCUT2D eigenvalue weighted by molar-refractivity contribution is 7.89. The largest absolute Gasteiger partial charge is 0.463 e. The van der Waals surface area contributed by atoms with Crippen molar-refractivity contribution in [2.75, 3.05) is 18.5 Å². The Morgan fingerprint density at radius 3 is 2.50 bits per heavy atom. The van der Waals surface area contributed by atoms with Gasteiger partial charge in [0.1, 0.15) is 17.9 Å². The summed E-state index contributed by atoms with van der Waals surface area (Å²) in [4.78, 5) is 8.99. The van der Waals surface area contributed by atoms with Crippen molar-refractivity contribution in [2.24, 2.45) is 0 Å². The maximum atomic E-state index is 13.1. The van der Waals surface area contributed by atoms with Crippen molar-refractivity contribution in [3.8, 4) is 11.5 Å². The molecule has 2 fully saturated rings. The number of ether oxygens (including phenoxy) is 2. The molecule has 2 saturated heterocycles. The number of hydrogen-bond acceptors (Lipinski definition) is 8. The highest BCUT2D eigenvalue weighted by Crippen LogP contribution is 2.30. The molecule has 0 unspecified atom stereocenters. The number of nitrogens with one attached hydrogen (secondary N) is 2. The molecule has 4 heterocycles. The van der Waals surface area contributed by atoms with E-state index in [1.54, 1.807) is 42.8 Å². The summed E-state index contributed by atoms with van der Waals surface area (Å²) in [5.74, 6) is 1.07. The molecule has 4 atom stereocenters. The molecule has 2 aliphatic heterocycles. The number of sulfonamides is 1. The number of furan rings is 1. The van der Waals surface area contributed by atoms with E-state index in [1.165, 1.54) is 0 Å². The topological polar surface area (TPSA) is 116 Å². The SMILES string of the molecule is O=S(=O)(N[C@@H]1CO[C@@H]2[C@@H]1OC[C@@H]2Nc1nccc(-c2ccco2)n1)c1ccc2ccccc2c1. The number of rotatable bonds is 6. The smallest absolute Gasteiger partial charge is 0.241 e. The summed E-state index contributed by atoms with van der Waals surface area (Å²) in [6.45, 7) is 0.561. The molecule has 2 N–H and O–H groups in total. The molecule has 6 rings (SSSR count). The van der Waals surface area contributed by atoms with Crippen molar-refractivity contribution < 1.29 is 22.3 Å². The minimum Gasteiger partial charge on any atom is -0.463 e. The Morgan fingerprint density at radius 1 is 0.882 bits per heavy atom. The fourth-order valence-electron chi connectivity index (χ4n) is 4.48. The van der Waals surface area contributed by atoms with Gasteiger partial charge in [-0.05, 0) is 41.1 Å². The second-order valence-corrected chi connectivity index (χ2v) is 10.0. The van der Waals surface area contributed by atoms with Gasteiger partial charge in [-0.2, -0.15) is 0 Å². The van der Waals surface area contributed by atoms with Crippen LogP contribution in [0.3, 0.4) is 0 Å². The van der Waals surface area contributed by atoms with Crippen molar-refractivity contribution in [3.63, 3.8) is 0 Å². The molecule has 0 amide bonds. The standard InChI is InChI=1S/C24H22N4O5S/c29-34(30,17-8-7-15-4-1-2-5-16(15)12-17)28-20-14-33-22-19(13-32-23(20)22)27-24-25-10-9-18(26-24)21-6-3-11-31-21/h1-12,19-20,22-23,28H,13-14H2,(H,25,26,27)/t19-,20+,22-,23+/m0/s1. The van der Waals surface area contributed by atoms with Crippen LogP contribution in [0.15, 0.2) is 82.4 Å². The zero-order valence-corrected chi connectivity index (χ0v) is 18.8. The highest BCUT2D eigenvalue weighted by Gasteiger charge is 2.49. The van der Waals surface area contributed by atoms with Crippen LogP contribution in [0.5, 0.6) is 0 Å². The Labute approximate surface area is 196 Å². The lowest BCUT2D eigenvalue weighted by Crippen LogP contribution is -2.44. The number of anilines is 1. The van der Waals surface area contributed by atoms with E-state index < -0.39 is 22.2 Å². The third-order valence-corrected chi connectivity index (χ3v) is 7.62. The van der Waals surface area contributed by atoms with Gasteiger partial charge in [0.2, 0.25) is 16.0 Å². The van der Waals surface area contributed by atoms with Gasteiger partial charge in [0.05, 0.1) is 36.5 Å². The minimum atomic E-state index is -3.75. The van der Waals surface area contributed by atoms with E-state index in [0.717, 1.165) is 10.8 Å². The summed E-state index contributed by atoms with van der Waals surface area (Å²) in [6, 6.07) is 17.4. The van der Waals surface area contributed by atoms with Crippen LogP contribution < -0.4 is 10.0 Å². The van der Waals surface area contributed by atoms with Gasteiger partial charge in [-0.15, -0.1) is 0 Å². The Morgan fingerprint density at radius 2 is 1.68 bits per heavy atom. The van der Waals surface area contributed by atoms with Gasteiger partial charge in [0, 0.05) is 6.20 Å². The average molecular weight is 479 g/mol. The summed E-state index contributed by atoms with van der Waals surface area (Å²) in [7, 11) is -3.75. The zero-order valence-electron chi connectivity index (χ0n) is 18.0. The number of aromatic nitrogens is 2. The van der Waals surface area contributed by atoms with Crippen LogP contribution in [0.25, 0.3) is 22.2 Å². The molecule has 4 aromatic rings. The van der Waals surface area contributed by atoms with Gasteiger partial charge in [-0.25, -0.2) is 23.1 Å². The summed E-state index contributed by atoms with van der Waals surface area (Å²) in [5, 5.41) is 5.11. The van der Waals surface area contributed by atoms with E-state index in [4.69, 9.17) is 13.9 Å². The van der Waals surface area contributed by atoms with Crippen molar-refractivity contribution in [1.29, 1.82) is 0 Å². The van der Waals surface area contributed by atoms with Crippen molar-refractivity contribution in [1.82, 2.24) is 14.7 Å². The zero-order chi connectivity index (χ0) is 23.1. The first-order valence-electron chi connectivity index (χ1n) is 10.9. The van der Waals surface area contributed by atoms with Crippen LogP contribution >= 0.6 is 0 Å². The Bertz CT molecular complexity index is 1430. The van der Waals surface area contributed by atoms with E-state index >= 15 is 0 Å². The second kappa shape index (κ2) is 8.48. The first kappa shape index (κ1) is 21.2. The van der Waals surface area contributed by atoms with Crippen LogP contribution in [0, 0.1) is 0 Å². The first-order valence-corrected chi connectivity index (χ1v) is 12.4. The van der Waals surface area contributed by atoms with E-state index in [-0.39, 0.29) is 23.6 Å². The number of benzene rings is 2. The van der Waals surface area contributed by atoms with Crippen LogP contribution in [-0.4, -0.2) is 55.9 Å². The lowest BCUT2D eigenvalue weighted by molar-refractivity contribution is 0.0690. The summed E-state index contributed by atoms with van der Waals surface area (Å²) in [6.07, 6.45) is 2.49. The summed E-state index contributed by atoms with van der Waals surface area (Å²) < 4.78 is 46.2. The van der Waals surface area contributed by atoms with Crippen molar-refractivity contribution in [3.05, 3.63) is 73.1 Å². The lowest BCUT2D eigenvalue weighted by atomic mass is 10.1. The van der Waals surface area contributed by atoms with E-state index in [1.807, 2.05) is 30.3 Å². The quantitative estimate of drug-likeness (QED) is 0.435. The number of hydrogen-bond donors (Lipinski definition) is 2. The normalized spacial score (nSPS) is 24.4. The third-order valence-electron chi connectivity index (χ3n) is 6.13. The Balaban J connectivity index is 1.15. The maximum absolute atomic E-state index is 13.1. The molecule has 0 bridgehead atoms. The monoisotopic (exact) mass is 478 g/mol. The molecular weight excluding hydrogens is 456 g/mol. The molecule has 2 aromatic carbocycles. The summed E-state index contributed by atoms with van der Waals surface area (Å²) >= 11 is 0. The fourth-order valence-corrected chi connectivity index (χ4v) is 5.75. The molecule has 174 valence electrons. The Kier molecular flexibility index (Phi) is 5.30. The molecule has 9 nitrogen and oxygen atoms in total. The van der Waals surface area contributed by atoms with Gasteiger partial charge < -0.3 is 19.2 Å². The van der Waals surface area contributed by atoms with Crippen molar-refractivity contribution >= 4 is 26.7 Å². The molecule has 0 spiro atoms. The molecule has 0 saturated carbocycles. The molecule has 10 heteroatoms. The molecule has 2 aliphatic rings. The van der Waals surface area contributed by atoms with E-state index in [2.05, 4.69) is 20.0 Å². The average Bonchev–Trinajstić information content (AvgIpc) is 3.60. The van der Waals surface area contributed by atoms with Crippen LogP contribution in [0.2, 0.25) is 0 Å². The molecule has 0 aliphatic carbocycles.